The Morgan fingerprint density at radius 2 is 0.478 bits per heavy atom. The maximum absolute atomic E-state index is 6.26. The summed E-state index contributed by atoms with van der Waals surface area (Å²) in [5.41, 5.74) is 15.2. The fourth-order valence-electron chi connectivity index (χ4n) is 22.1. The van der Waals surface area contributed by atoms with E-state index in [-0.39, 0.29) is 18.0 Å². The van der Waals surface area contributed by atoms with Gasteiger partial charge in [-0.25, -0.2) is 0 Å². The average Bonchev–Trinajstić information content (AvgIpc) is 1.67. The number of hydrogen-bond acceptors (Lipinski definition) is 18. The molecular formula is C120H200O18. The van der Waals surface area contributed by atoms with Gasteiger partial charge in [-0.2, -0.15) is 0 Å². The molecule has 0 radical (unpaired) electrons. The molecule has 18 nitrogen and oxygen atoms in total. The molecule has 12 aliphatic rings. The maximum atomic E-state index is 6.26. The van der Waals surface area contributed by atoms with Crippen LogP contribution in [-0.4, -0.2) is 167 Å². The summed E-state index contributed by atoms with van der Waals surface area (Å²) < 4.78 is 105. The third-order valence-electron chi connectivity index (χ3n) is 32.1. The van der Waals surface area contributed by atoms with E-state index in [2.05, 4.69) is 208 Å². The molecule has 0 amide bonds. The summed E-state index contributed by atoms with van der Waals surface area (Å²) in [5, 5.41) is 0. The Hall–Kier alpha value is -4.36. The minimum Gasteiger partial charge on any atom is -0.373 e. The molecule has 788 valence electrons. The summed E-state index contributed by atoms with van der Waals surface area (Å²) in [6, 6.07) is 17.2. The molecule has 2 heterocycles. The van der Waals surface area contributed by atoms with Crippen LogP contribution in [-0.2, 0) is 111 Å². The Balaban J connectivity index is 0.000000215. The van der Waals surface area contributed by atoms with Crippen LogP contribution >= 0.6 is 0 Å². The highest BCUT2D eigenvalue weighted by Crippen LogP contribution is 2.46. The lowest BCUT2D eigenvalue weighted by Gasteiger charge is -2.34. The molecule has 2 aromatic rings. The Morgan fingerprint density at radius 1 is 0.239 bits per heavy atom. The second-order valence-electron chi connectivity index (χ2n) is 40.4. The predicted molar refractivity (Wildman–Crippen MR) is 564 cm³/mol. The molecule has 12 unspecified atom stereocenters. The van der Waals surface area contributed by atoms with Crippen molar-refractivity contribution in [1.29, 1.82) is 0 Å². The molecule has 14 rings (SSSR count). The average molecular weight is 1930 g/mol. The van der Waals surface area contributed by atoms with Gasteiger partial charge in [0.15, 0.2) is 46.3 Å². The molecule has 0 spiro atoms. The number of rotatable bonds is 46. The molecular weight excluding hydrogens is 1730 g/mol. The lowest BCUT2D eigenvalue weighted by atomic mass is 9.81. The van der Waals surface area contributed by atoms with Crippen LogP contribution in [0.3, 0.4) is 0 Å². The molecule has 18 heteroatoms. The van der Waals surface area contributed by atoms with Crippen molar-refractivity contribution in [2.75, 3.05) is 96.5 Å². The molecule has 12 atom stereocenters. The minimum absolute atomic E-state index is 0.250. The Labute approximate surface area is 841 Å². The van der Waals surface area contributed by atoms with E-state index in [1.165, 1.54) is 170 Å². The summed E-state index contributed by atoms with van der Waals surface area (Å²) >= 11 is 0. The van der Waals surface area contributed by atoms with Crippen LogP contribution in [0.4, 0.5) is 0 Å². The van der Waals surface area contributed by atoms with Crippen LogP contribution in [0.2, 0.25) is 0 Å². The number of aryl methyl sites for hydroxylation is 2. The summed E-state index contributed by atoms with van der Waals surface area (Å²) in [4.78, 5) is 0. The molecule has 0 bridgehead atoms. The third kappa shape index (κ3) is 35.5. The molecule has 2 aromatic carbocycles. The van der Waals surface area contributed by atoms with Gasteiger partial charge in [-0.1, -0.05) is 244 Å². The van der Waals surface area contributed by atoms with Crippen molar-refractivity contribution in [3.63, 3.8) is 0 Å². The first-order chi connectivity index (χ1) is 66.8. The van der Waals surface area contributed by atoms with Crippen LogP contribution in [0.25, 0.3) is 0 Å². The number of methoxy groups -OCH3 is 8. The largest absolute Gasteiger partial charge is 0.373 e. The van der Waals surface area contributed by atoms with Crippen molar-refractivity contribution in [1.82, 2.24) is 0 Å². The summed E-state index contributed by atoms with van der Waals surface area (Å²) in [6.45, 7) is 40.7. The number of allylic oxidation sites excluding steroid dienone is 8. The van der Waals surface area contributed by atoms with Crippen molar-refractivity contribution >= 4 is 0 Å². The Morgan fingerprint density at radius 3 is 0.754 bits per heavy atom. The number of unbranched alkanes of at least 4 members (excludes halogenated alkanes) is 4. The zero-order valence-electron chi connectivity index (χ0n) is 92.0. The first kappa shape index (κ1) is 121. The van der Waals surface area contributed by atoms with Crippen molar-refractivity contribution < 1.29 is 85.3 Å². The first-order valence-electron chi connectivity index (χ1n) is 55.3. The van der Waals surface area contributed by atoms with E-state index in [0.717, 1.165) is 230 Å². The van der Waals surface area contributed by atoms with Crippen LogP contribution in [0.1, 0.15) is 403 Å². The number of hydrogen-bond donors (Lipinski definition) is 0. The molecule has 2 saturated heterocycles. The van der Waals surface area contributed by atoms with E-state index >= 15 is 0 Å². The molecule has 0 N–H and O–H groups in total. The minimum atomic E-state index is -0.497. The lowest BCUT2D eigenvalue weighted by Crippen LogP contribution is -2.37. The molecule has 138 heavy (non-hydrogen) atoms. The van der Waals surface area contributed by atoms with E-state index in [0.29, 0.717) is 38.6 Å². The summed E-state index contributed by atoms with van der Waals surface area (Å²) in [7, 11) is 14.0. The number of benzene rings is 2. The van der Waals surface area contributed by atoms with Gasteiger partial charge in [0.05, 0.1) is 77.3 Å². The van der Waals surface area contributed by atoms with E-state index < -0.39 is 40.5 Å². The van der Waals surface area contributed by atoms with E-state index in [9.17, 15) is 0 Å². The van der Waals surface area contributed by atoms with Crippen LogP contribution in [0.5, 0.6) is 0 Å². The van der Waals surface area contributed by atoms with Gasteiger partial charge in [-0.15, -0.1) is 0 Å². The maximum Gasteiger partial charge on any atom is 0.191 e. The zero-order valence-corrected chi connectivity index (χ0v) is 92.0. The second-order valence-corrected chi connectivity index (χ2v) is 40.4. The fourth-order valence-corrected chi connectivity index (χ4v) is 22.1. The van der Waals surface area contributed by atoms with Gasteiger partial charge in [0.25, 0.3) is 0 Å². The highest BCUT2D eigenvalue weighted by molar-refractivity contribution is 5.27. The van der Waals surface area contributed by atoms with Crippen molar-refractivity contribution in [3.8, 4) is 0 Å². The highest BCUT2D eigenvalue weighted by Gasteiger charge is 2.45. The van der Waals surface area contributed by atoms with Crippen LogP contribution in [0.15, 0.2) is 142 Å². The van der Waals surface area contributed by atoms with Crippen molar-refractivity contribution in [3.05, 3.63) is 164 Å². The van der Waals surface area contributed by atoms with Gasteiger partial charge in [0, 0.05) is 108 Å². The Bertz CT molecular complexity index is 3920. The number of ether oxygens (including phenoxy) is 18. The first-order valence-corrected chi connectivity index (χ1v) is 55.3. The van der Waals surface area contributed by atoms with Crippen LogP contribution in [0, 0.1) is 23.7 Å². The monoisotopic (exact) mass is 1930 g/mol. The predicted octanol–water partition coefficient (Wildman–Crippen LogP) is 30.5. The smallest absolute Gasteiger partial charge is 0.191 e. The van der Waals surface area contributed by atoms with Gasteiger partial charge < -0.3 is 85.3 Å². The van der Waals surface area contributed by atoms with Gasteiger partial charge >= 0.3 is 0 Å². The molecule has 4 fully saturated rings. The van der Waals surface area contributed by atoms with Crippen molar-refractivity contribution in [2.24, 2.45) is 23.7 Å². The van der Waals surface area contributed by atoms with Gasteiger partial charge in [-0.05, 0) is 285 Å². The van der Waals surface area contributed by atoms with Gasteiger partial charge in [-0.3, -0.25) is 0 Å². The summed E-state index contributed by atoms with van der Waals surface area (Å²) in [6.07, 6.45) is 69.3. The standard InChI is InChI=1S/C17H30O2.C17H24O2.C16H28O2.C16H22O2.C15H26O3.C14H24O3.C13H24O2.C12H22O2/c2*1-4-14-8-10-15(11-9-14)13-19-17(18-3)12-6-7-16(17)5-2;2*1-4-14-7-9-15(10-8-14)12-18-16(17-3)11-5-6-13(16)2;1-4-12-7-6-10-15(12,16-3)17-11-14-9-8-13(5-2)18-14;1-4-12-7-8-13(17-12)10-16-14(15-3)9-5-6-11(14)2;1-4-6-7-11-15-13(14-3)10-8-9-12(13)5-2;1-4-5-6-10-14-12(13-3)9-7-8-11(12)2/h7,14-15H,4-6,8-13H2,1-3H3;7-11H,4-6,12-13H2,1-3H3;6,14-15H,4-5,7-12H2,1-3H3;6-10H,4-5,11-12H2,1-3H3;7,13-14H,4-6,8-11H2,1-3H3;6,12-13H,4-5,7-10H2,1-3H3;9H,4-8,10-11H2,1-3H3;8H,4-7,9-10H2,1-3H3. The SMILES string of the molecule is CCC1=CCCC1(OC)OCC1CCC(CC)CC1.CCC1=CCCC1(OC)OCC1CCC(CC)O1.CCC1=CCCC1(OC)OCc1ccc(CC)cc1.CCC1CCC(COC2(OC)CCC=C2C)CC1.CCC1CCC(COC2(OC)CCC=C2C)O1.CCCCCOC1(OC)CCC=C1C.CCCCCOC1(OC)CCC=C1CC.CCc1ccc(COC2(OC)CCC=C2C)cc1. The van der Waals surface area contributed by atoms with E-state index in [1.54, 1.807) is 56.9 Å². The van der Waals surface area contributed by atoms with E-state index in [1.807, 2.05) is 0 Å². The molecule has 2 aliphatic heterocycles. The fraction of sp³-hybridized carbons (Fsp3) is 0.767. The van der Waals surface area contributed by atoms with Gasteiger partial charge in [0.2, 0.25) is 0 Å². The third-order valence-corrected chi connectivity index (χ3v) is 32.1. The topological polar surface area (TPSA) is 166 Å². The van der Waals surface area contributed by atoms with Crippen LogP contribution < -0.4 is 0 Å². The highest BCUT2D eigenvalue weighted by atomic mass is 16.7. The zero-order chi connectivity index (χ0) is 100. The van der Waals surface area contributed by atoms with Crippen molar-refractivity contribution in [2.45, 2.75) is 477 Å². The quantitative estimate of drug-likeness (QED) is 0.0349. The second kappa shape index (κ2) is 63.9. The Kier molecular flexibility index (Phi) is 55.8. The summed E-state index contributed by atoms with van der Waals surface area (Å²) in [5.74, 6) is -0.0935. The van der Waals surface area contributed by atoms with Gasteiger partial charge in [0.1, 0.15) is 0 Å². The molecule has 10 aliphatic carbocycles. The molecule has 2 saturated carbocycles. The van der Waals surface area contributed by atoms with E-state index in [4.69, 9.17) is 85.3 Å². The normalized spacial score (nSPS) is 30.6. The molecule has 0 aromatic heterocycles. The lowest BCUT2D eigenvalue weighted by molar-refractivity contribution is -0.210.